The van der Waals surface area contributed by atoms with Gasteiger partial charge in [-0.1, -0.05) is 30.3 Å². The summed E-state index contributed by atoms with van der Waals surface area (Å²) < 4.78 is 29.7. The number of nitriles is 1. The van der Waals surface area contributed by atoms with Crippen molar-refractivity contribution in [1.82, 2.24) is 0 Å². The highest BCUT2D eigenvalue weighted by Crippen LogP contribution is 2.43. The van der Waals surface area contributed by atoms with Crippen LogP contribution in [0.1, 0.15) is 23.6 Å². The lowest BCUT2D eigenvalue weighted by Crippen LogP contribution is -2.01. The molecule has 0 saturated heterocycles. The molecule has 3 heterocycles. The van der Waals surface area contributed by atoms with Crippen LogP contribution in [0.15, 0.2) is 102 Å². The molecule has 37 heavy (non-hydrogen) atoms. The van der Waals surface area contributed by atoms with Crippen molar-refractivity contribution in [1.29, 1.82) is 5.26 Å². The third kappa shape index (κ3) is 5.22. The molecule has 3 aromatic heterocycles. The molecule has 7 nitrogen and oxygen atoms in total. The number of aliphatic imine (C=N–C) groups is 1. The maximum absolute atomic E-state index is 9.95. The molecular formula is C29H21BrN2O5. The molecule has 0 aliphatic carbocycles. The van der Waals surface area contributed by atoms with Crippen LogP contribution in [0.4, 0.5) is 5.88 Å². The van der Waals surface area contributed by atoms with Gasteiger partial charge in [0.1, 0.15) is 24.0 Å². The summed E-state index contributed by atoms with van der Waals surface area (Å²) in [5.74, 6) is 2.61. The summed E-state index contributed by atoms with van der Waals surface area (Å²) in [6.45, 7) is 2.77. The quantitative estimate of drug-likeness (QED) is 0.170. The maximum Gasteiger partial charge on any atom is 0.238 e. The van der Waals surface area contributed by atoms with E-state index < -0.39 is 0 Å². The fraction of sp³-hybridized carbons (Fsp3) is 0.103. The normalized spacial score (nSPS) is 11.1. The van der Waals surface area contributed by atoms with Crippen molar-refractivity contribution in [2.24, 2.45) is 4.99 Å². The Morgan fingerprint density at radius 3 is 2.41 bits per heavy atom. The molecule has 0 radical (unpaired) electrons. The number of rotatable bonds is 9. The first-order valence-corrected chi connectivity index (χ1v) is 12.3. The Kier molecular flexibility index (Phi) is 7.24. The second-order valence-corrected chi connectivity index (χ2v) is 8.70. The Hall–Kier alpha value is -4.48. The molecule has 0 fully saturated rings. The Morgan fingerprint density at radius 1 is 0.973 bits per heavy atom. The van der Waals surface area contributed by atoms with Gasteiger partial charge in [0.15, 0.2) is 23.0 Å². The zero-order valence-corrected chi connectivity index (χ0v) is 21.4. The summed E-state index contributed by atoms with van der Waals surface area (Å²) in [4.78, 5) is 4.50. The third-order valence-electron chi connectivity index (χ3n) is 5.40. The monoisotopic (exact) mass is 556 g/mol. The van der Waals surface area contributed by atoms with E-state index in [1.165, 1.54) is 12.5 Å². The van der Waals surface area contributed by atoms with Crippen LogP contribution in [-0.2, 0) is 6.61 Å². The summed E-state index contributed by atoms with van der Waals surface area (Å²) >= 11 is 3.60. The Labute approximate surface area is 221 Å². The van der Waals surface area contributed by atoms with Crippen molar-refractivity contribution in [2.75, 3.05) is 6.61 Å². The van der Waals surface area contributed by atoms with Gasteiger partial charge in [0.2, 0.25) is 5.88 Å². The van der Waals surface area contributed by atoms with E-state index in [1.807, 2.05) is 49.4 Å². The van der Waals surface area contributed by atoms with Crippen molar-refractivity contribution in [3.8, 4) is 40.4 Å². The third-order valence-corrected chi connectivity index (χ3v) is 5.99. The van der Waals surface area contributed by atoms with Gasteiger partial charge >= 0.3 is 0 Å². The molecule has 2 aromatic carbocycles. The number of hydrogen-bond donors (Lipinski definition) is 0. The number of furan rings is 3. The van der Waals surface area contributed by atoms with Crippen LogP contribution in [-0.4, -0.2) is 12.8 Å². The fourth-order valence-corrected chi connectivity index (χ4v) is 4.35. The molecule has 0 aliphatic rings. The Morgan fingerprint density at radius 2 is 1.73 bits per heavy atom. The Balaban J connectivity index is 1.49. The van der Waals surface area contributed by atoms with Gasteiger partial charge in [0.05, 0.1) is 29.2 Å². The highest BCUT2D eigenvalue weighted by Gasteiger charge is 2.26. The molecule has 0 N–H and O–H groups in total. The van der Waals surface area contributed by atoms with E-state index in [4.69, 9.17) is 22.7 Å². The van der Waals surface area contributed by atoms with Crippen LogP contribution in [0.5, 0.6) is 11.5 Å². The second kappa shape index (κ2) is 11.1. The first-order valence-electron chi connectivity index (χ1n) is 11.5. The van der Waals surface area contributed by atoms with Crippen LogP contribution in [0, 0.1) is 11.3 Å². The topological polar surface area (TPSA) is 94.0 Å². The molecule has 0 amide bonds. The summed E-state index contributed by atoms with van der Waals surface area (Å²) in [6.07, 6.45) is 4.67. The molecule has 0 aliphatic heterocycles. The number of halogens is 1. The lowest BCUT2D eigenvalue weighted by Gasteiger charge is -2.14. The van der Waals surface area contributed by atoms with Gasteiger partial charge in [-0.2, -0.15) is 5.26 Å². The SMILES string of the molecule is CCOc1cc(C=Nc2oc(-c3ccco3)c(-c3ccco3)c2C#N)cc(Br)c1OCc1ccccc1. The van der Waals surface area contributed by atoms with Gasteiger partial charge in [-0.15, -0.1) is 0 Å². The number of ether oxygens (including phenoxy) is 2. The molecule has 0 bridgehead atoms. The Bertz CT molecular complexity index is 1550. The van der Waals surface area contributed by atoms with E-state index in [2.05, 4.69) is 27.0 Å². The summed E-state index contributed by atoms with van der Waals surface area (Å²) in [6, 6.07) is 22.8. The fourth-order valence-electron chi connectivity index (χ4n) is 3.78. The maximum atomic E-state index is 9.95. The van der Waals surface area contributed by atoms with Gasteiger partial charge in [0.25, 0.3) is 0 Å². The minimum atomic E-state index is 0.138. The molecule has 0 saturated carbocycles. The number of benzene rings is 2. The van der Waals surface area contributed by atoms with E-state index >= 15 is 0 Å². The second-order valence-electron chi connectivity index (χ2n) is 7.85. The standard InChI is InChI=1S/C29H21BrN2O5/c1-2-33-25-15-20(14-22(30)27(25)36-18-19-8-4-3-5-9-19)17-32-29-21(16-31)26(23-10-6-12-34-23)28(37-29)24-11-7-13-35-24/h3-15,17H,2,18H2,1H3. The predicted molar refractivity (Wildman–Crippen MR) is 142 cm³/mol. The van der Waals surface area contributed by atoms with Gasteiger partial charge in [-0.05, 0) is 70.4 Å². The lowest BCUT2D eigenvalue weighted by molar-refractivity contribution is 0.267. The molecule has 0 spiro atoms. The van der Waals surface area contributed by atoms with E-state index in [1.54, 1.807) is 30.5 Å². The summed E-state index contributed by atoms with van der Waals surface area (Å²) in [5, 5.41) is 9.95. The van der Waals surface area contributed by atoms with Crippen molar-refractivity contribution >= 4 is 28.0 Å². The predicted octanol–water partition coefficient (Wildman–Crippen LogP) is 8.16. The van der Waals surface area contributed by atoms with Gasteiger partial charge in [0, 0.05) is 6.21 Å². The van der Waals surface area contributed by atoms with E-state index in [0.29, 0.717) is 52.0 Å². The largest absolute Gasteiger partial charge is 0.490 e. The van der Waals surface area contributed by atoms with Crippen molar-refractivity contribution < 1.29 is 22.7 Å². The minimum Gasteiger partial charge on any atom is -0.490 e. The van der Waals surface area contributed by atoms with Gasteiger partial charge in [-0.3, -0.25) is 0 Å². The zero-order valence-electron chi connectivity index (χ0n) is 19.8. The van der Waals surface area contributed by atoms with Gasteiger partial charge < -0.3 is 22.7 Å². The molecule has 184 valence electrons. The first-order chi connectivity index (χ1) is 18.2. The van der Waals surface area contributed by atoms with Crippen molar-refractivity contribution in [3.63, 3.8) is 0 Å². The van der Waals surface area contributed by atoms with Crippen LogP contribution in [0.2, 0.25) is 0 Å². The van der Waals surface area contributed by atoms with Crippen molar-refractivity contribution in [3.05, 3.63) is 100 Å². The van der Waals surface area contributed by atoms with Crippen LogP contribution >= 0.6 is 15.9 Å². The molecule has 0 atom stereocenters. The molecular weight excluding hydrogens is 536 g/mol. The van der Waals surface area contributed by atoms with Crippen LogP contribution < -0.4 is 9.47 Å². The number of nitrogens with zero attached hydrogens (tertiary/aromatic N) is 2. The highest BCUT2D eigenvalue weighted by atomic mass is 79.9. The first kappa shape index (κ1) is 24.2. The van der Waals surface area contributed by atoms with E-state index in [9.17, 15) is 5.26 Å². The lowest BCUT2D eigenvalue weighted by atomic mass is 10.1. The van der Waals surface area contributed by atoms with Gasteiger partial charge in [-0.25, -0.2) is 4.99 Å². The van der Waals surface area contributed by atoms with Crippen LogP contribution in [0.25, 0.3) is 22.8 Å². The summed E-state index contributed by atoms with van der Waals surface area (Å²) in [7, 11) is 0. The zero-order chi connectivity index (χ0) is 25.6. The molecule has 5 rings (SSSR count). The van der Waals surface area contributed by atoms with E-state index in [0.717, 1.165) is 11.1 Å². The molecule has 5 aromatic rings. The highest BCUT2D eigenvalue weighted by molar-refractivity contribution is 9.10. The average Bonchev–Trinajstić information content (AvgIpc) is 3.68. The average molecular weight is 557 g/mol. The smallest absolute Gasteiger partial charge is 0.238 e. The molecule has 8 heteroatoms. The number of hydrogen-bond acceptors (Lipinski definition) is 7. The minimum absolute atomic E-state index is 0.138. The van der Waals surface area contributed by atoms with Crippen LogP contribution in [0.3, 0.4) is 0 Å². The summed E-state index contributed by atoms with van der Waals surface area (Å²) in [5.41, 5.74) is 2.49. The van der Waals surface area contributed by atoms with E-state index in [-0.39, 0.29) is 11.4 Å². The molecule has 0 unspecified atom stereocenters. The van der Waals surface area contributed by atoms with Crippen molar-refractivity contribution in [2.45, 2.75) is 13.5 Å².